The average molecular weight is 278 g/mol. The third kappa shape index (κ3) is 16.7. The van der Waals surface area contributed by atoms with Gasteiger partial charge in [-0.15, -0.1) is 0 Å². The summed E-state index contributed by atoms with van der Waals surface area (Å²) in [6.07, 6.45) is 23.3. The van der Waals surface area contributed by atoms with E-state index in [9.17, 15) is 4.79 Å². The lowest BCUT2D eigenvalue weighted by atomic mass is 10.1. The number of hydrogen-bond donors (Lipinski definition) is 1. The normalized spacial score (nSPS) is 12.1. The number of allylic oxidation sites excluding steroid dienone is 6. The van der Waals surface area contributed by atoms with Crippen LogP contribution in [0.15, 0.2) is 36.5 Å². The summed E-state index contributed by atoms with van der Waals surface area (Å²) in [7, 11) is 0. The Hall–Kier alpha value is -1.31. The molecule has 0 atom stereocenters. The van der Waals surface area contributed by atoms with Crippen molar-refractivity contribution in [3.05, 3.63) is 36.5 Å². The Balaban J connectivity index is 3.25. The predicted octanol–water partition coefficient (Wildman–Crippen LogP) is 5.66. The van der Waals surface area contributed by atoms with Crippen LogP contribution in [0.4, 0.5) is 0 Å². The summed E-state index contributed by atoms with van der Waals surface area (Å²) >= 11 is 0. The minimum Gasteiger partial charge on any atom is -0.481 e. The molecule has 0 bridgehead atoms. The monoisotopic (exact) mass is 278 g/mol. The molecule has 114 valence electrons. The maximum atomic E-state index is 10.3. The summed E-state index contributed by atoms with van der Waals surface area (Å²) < 4.78 is 0. The zero-order chi connectivity index (χ0) is 14.9. The fourth-order valence-corrected chi connectivity index (χ4v) is 1.86. The number of carboxylic acids is 1. The highest BCUT2D eigenvalue weighted by atomic mass is 16.4. The molecule has 0 aliphatic rings. The maximum Gasteiger partial charge on any atom is 0.303 e. The first-order valence-corrected chi connectivity index (χ1v) is 7.95. The van der Waals surface area contributed by atoms with E-state index in [0.717, 1.165) is 38.5 Å². The summed E-state index contributed by atoms with van der Waals surface area (Å²) in [6, 6.07) is 0. The molecule has 1 N–H and O–H groups in total. The minimum absolute atomic E-state index is 0.318. The number of aliphatic carboxylic acids is 1. The second kappa shape index (κ2) is 15.7. The number of hydrogen-bond acceptors (Lipinski definition) is 1. The van der Waals surface area contributed by atoms with E-state index in [0.29, 0.717) is 6.42 Å². The Morgan fingerprint density at radius 1 is 0.850 bits per heavy atom. The van der Waals surface area contributed by atoms with Crippen LogP contribution in [0.3, 0.4) is 0 Å². The van der Waals surface area contributed by atoms with Gasteiger partial charge in [-0.25, -0.2) is 0 Å². The highest BCUT2D eigenvalue weighted by Crippen LogP contribution is 2.07. The van der Waals surface area contributed by atoms with Crippen LogP contribution in [0.1, 0.15) is 71.1 Å². The van der Waals surface area contributed by atoms with Gasteiger partial charge in [-0.05, 0) is 32.1 Å². The second-order valence-electron chi connectivity index (χ2n) is 5.05. The molecule has 0 heterocycles. The van der Waals surface area contributed by atoms with Crippen LogP contribution >= 0.6 is 0 Å². The molecule has 0 fully saturated rings. The van der Waals surface area contributed by atoms with Gasteiger partial charge in [-0.1, -0.05) is 69.1 Å². The van der Waals surface area contributed by atoms with E-state index in [-0.39, 0.29) is 0 Å². The maximum absolute atomic E-state index is 10.3. The standard InChI is InChI=1S/C18H30O2/c1-2-3-4-5-6-7-8-9-10-11-12-13-14-15-16-17-18(19)20/h4-7,9-10H,2-3,8,11-17H2,1H3,(H,19,20)/b5-4+,7-6+,10-9+. The zero-order valence-corrected chi connectivity index (χ0v) is 12.9. The highest BCUT2D eigenvalue weighted by molar-refractivity contribution is 5.66. The van der Waals surface area contributed by atoms with Crippen molar-refractivity contribution in [3.8, 4) is 0 Å². The van der Waals surface area contributed by atoms with Crippen LogP contribution in [0.25, 0.3) is 0 Å². The minimum atomic E-state index is -0.675. The number of rotatable bonds is 13. The first-order valence-electron chi connectivity index (χ1n) is 7.95. The molecule has 0 radical (unpaired) electrons. The van der Waals surface area contributed by atoms with Gasteiger partial charge in [0.15, 0.2) is 0 Å². The van der Waals surface area contributed by atoms with Crippen LogP contribution < -0.4 is 0 Å². The lowest BCUT2D eigenvalue weighted by Gasteiger charge is -1.98. The molecule has 2 heteroatoms. The molecule has 0 aromatic heterocycles. The molecular weight excluding hydrogens is 248 g/mol. The molecule has 0 aromatic rings. The SMILES string of the molecule is CCC/C=C/C=C/C/C=C/CCCCCCCC(=O)O. The van der Waals surface area contributed by atoms with Crippen LogP contribution in [0, 0.1) is 0 Å². The van der Waals surface area contributed by atoms with Gasteiger partial charge in [0.2, 0.25) is 0 Å². The van der Waals surface area contributed by atoms with Crippen LogP contribution in [-0.2, 0) is 4.79 Å². The smallest absolute Gasteiger partial charge is 0.303 e. The summed E-state index contributed by atoms with van der Waals surface area (Å²) in [5.41, 5.74) is 0. The summed E-state index contributed by atoms with van der Waals surface area (Å²) in [6.45, 7) is 2.18. The molecule has 0 saturated heterocycles. The first kappa shape index (κ1) is 18.7. The van der Waals surface area contributed by atoms with Gasteiger partial charge in [-0.2, -0.15) is 0 Å². The Labute approximate surface area is 124 Å². The van der Waals surface area contributed by atoms with Crippen molar-refractivity contribution >= 4 is 5.97 Å². The summed E-state index contributed by atoms with van der Waals surface area (Å²) in [5, 5.41) is 8.50. The van der Waals surface area contributed by atoms with E-state index < -0.39 is 5.97 Å². The Morgan fingerprint density at radius 3 is 2.30 bits per heavy atom. The Bertz CT molecular complexity index is 301. The molecule has 0 unspecified atom stereocenters. The molecule has 0 amide bonds. The largest absolute Gasteiger partial charge is 0.481 e. The molecule has 20 heavy (non-hydrogen) atoms. The number of carboxylic acid groups (broad SMARTS) is 1. The van der Waals surface area contributed by atoms with Crippen LogP contribution in [-0.4, -0.2) is 11.1 Å². The topological polar surface area (TPSA) is 37.3 Å². The van der Waals surface area contributed by atoms with Crippen molar-refractivity contribution in [1.82, 2.24) is 0 Å². The van der Waals surface area contributed by atoms with Crippen LogP contribution in [0.5, 0.6) is 0 Å². The molecular formula is C18H30O2. The van der Waals surface area contributed by atoms with Gasteiger partial charge in [0, 0.05) is 6.42 Å². The van der Waals surface area contributed by atoms with Gasteiger partial charge < -0.3 is 5.11 Å². The number of carbonyl (C=O) groups is 1. The molecule has 0 aromatic carbocycles. The predicted molar refractivity (Wildman–Crippen MR) is 86.9 cm³/mol. The second-order valence-corrected chi connectivity index (χ2v) is 5.05. The molecule has 0 aliphatic heterocycles. The van der Waals surface area contributed by atoms with E-state index in [2.05, 4.69) is 43.4 Å². The van der Waals surface area contributed by atoms with Gasteiger partial charge in [-0.3, -0.25) is 4.79 Å². The Morgan fingerprint density at radius 2 is 1.55 bits per heavy atom. The van der Waals surface area contributed by atoms with Gasteiger partial charge in [0.1, 0.15) is 0 Å². The van der Waals surface area contributed by atoms with E-state index in [1.54, 1.807) is 0 Å². The van der Waals surface area contributed by atoms with Gasteiger partial charge in [0.25, 0.3) is 0 Å². The highest BCUT2D eigenvalue weighted by Gasteiger charge is 1.95. The van der Waals surface area contributed by atoms with E-state index >= 15 is 0 Å². The zero-order valence-electron chi connectivity index (χ0n) is 12.9. The average Bonchev–Trinajstić information content (AvgIpc) is 2.43. The van der Waals surface area contributed by atoms with Crippen molar-refractivity contribution in [2.24, 2.45) is 0 Å². The van der Waals surface area contributed by atoms with Crippen LogP contribution in [0.2, 0.25) is 0 Å². The molecule has 0 rings (SSSR count). The van der Waals surface area contributed by atoms with Gasteiger partial charge in [0.05, 0.1) is 0 Å². The molecule has 0 aliphatic carbocycles. The van der Waals surface area contributed by atoms with Crippen molar-refractivity contribution in [1.29, 1.82) is 0 Å². The van der Waals surface area contributed by atoms with Gasteiger partial charge >= 0.3 is 5.97 Å². The van der Waals surface area contributed by atoms with Crippen molar-refractivity contribution in [2.75, 3.05) is 0 Å². The fraction of sp³-hybridized carbons (Fsp3) is 0.611. The molecule has 2 nitrogen and oxygen atoms in total. The lowest BCUT2D eigenvalue weighted by molar-refractivity contribution is -0.137. The van der Waals surface area contributed by atoms with E-state index in [4.69, 9.17) is 5.11 Å². The van der Waals surface area contributed by atoms with Crippen molar-refractivity contribution in [3.63, 3.8) is 0 Å². The summed E-state index contributed by atoms with van der Waals surface area (Å²) in [4.78, 5) is 10.3. The van der Waals surface area contributed by atoms with E-state index in [1.807, 2.05) is 0 Å². The quantitative estimate of drug-likeness (QED) is 0.268. The van der Waals surface area contributed by atoms with E-state index in [1.165, 1.54) is 19.3 Å². The first-order chi connectivity index (χ1) is 9.77. The third-order valence-corrected chi connectivity index (χ3v) is 3.04. The lowest BCUT2D eigenvalue weighted by Crippen LogP contribution is -1.93. The molecule has 0 spiro atoms. The summed E-state index contributed by atoms with van der Waals surface area (Å²) in [5.74, 6) is -0.675. The number of unbranched alkanes of at least 4 members (excludes halogenated alkanes) is 6. The Kier molecular flexibility index (Phi) is 14.7. The van der Waals surface area contributed by atoms with Crippen molar-refractivity contribution in [2.45, 2.75) is 71.1 Å². The third-order valence-electron chi connectivity index (χ3n) is 3.04. The fourth-order valence-electron chi connectivity index (χ4n) is 1.86. The van der Waals surface area contributed by atoms with Crippen molar-refractivity contribution < 1.29 is 9.90 Å². The molecule has 0 saturated carbocycles.